The Kier molecular flexibility index (Phi) is 5.16. The molecular formula is C20H18ClN3O4S. The maximum absolute atomic E-state index is 12.8. The largest absolute Gasteiger partial charge is 0.364 e. The van der Waals surface area contributed by atoms with Gasteiger partial charge in [0, 0.05) is 37.3 Å². The van der Waals surface area contributed by atoms with Crippen LogP contribution in [0.2, 0.25) is 5.02 Å². The first kappa shape index (κ1) is 19.6. The first-order chi connectivity index (χ1) is 13.9. The number of amides is 2. The number of imide groups is 1. The molecule has 2 heterocycles. The quantitative estimate of drug-likeness (QED) is 0.693. The lowest BCUT2D eigenvalue weighted by Crippen LogP contribution is -2.49. The molecule has 0 saturated carbocycles. The number of halogens is 1. The highest BCUT2D eigenvalue weighted by Crippen LogP contribution is 2.27. The van der Waals surface area contributed by atoms with E-state index in [2.05, 4.69) is 0 Å². The minimum absolute atomic E-state index is 0.229. The third-order valence-corrected chi connectivity index (χ3v) is 7.08. The third-order valence-electron chi connectivity index (χ3n) is 4.93. The molecular weight excluding hydrogens is 414 g/mol. The third kappa shape index (κ3) is 3.66. The summed E-state index contributed by atoms with van der Waals surface area (Å²) < 4.78 is 26.9. The summed E-state index contributed by atoms with van der Waals surface area (Å²) in [5, 5.41) is 0.427. The van der Waals surface area contributed by atoms with Crippen molar-refractivity contribution in [3.8, 4) is 0 Å². The number of piperazine rings is 1. The summed E-state index contributed by atoms with van der Waals surface area (Å²) in [4.78, 5) is 28.3. The SMILES string of the molecule is O=C1C=C(N2CCN(S(=O)(=O)c3ccccc3)CC2)C(=O)N1c1cccc(Cl)c1. The van der Waals surface area contributed by atoms with Gasteiger partial charge < -0.3 is 4.90 Å². The van der Waals surface area contributed by atoms with E-state index in [1.165, 1.54) is 10.4 Å². The molecule has 1 fully saturated rings. The van der Waals surface area contributed by atoms with Crippen molar-refractivity contribution in [2.24, 2.45) is 0 Å². The van der Waals surface area contributed by atoms with Gasteiger partial charge in [0.05, 0.1) is 10.6 Å². The van der Waals surface area contributed by atoms with Crippen LogP contribution in [0.3, 0.4) is 0 Å². The lowest BCUT2D eigenvalue weighted by atomic mass is 10.2. The van der Waals surface area contributed by atoms with Gasteiger partial charge in [0.15, 0.2) is 0 Å². The van der Waals surface area contributed by atoms with E-state index in [-0.39, 0.29) is 23.7 Å². The van der Waals surface area contributed by atoms with Gasteiger partial charge in [0.1, 0.15) is 5.70 Å². The van der Waals surface area contributed by atoms with E-state index < -0.39 is 21.8 Å². The number of anilines is 1. The summed E-state index contributed by atoms with van der Waals surface area (Å²) in [7, 11) is -3.58. The highest BCUT2D eigenvalue weighted by molar-refractivity contribution is 7.89. The van der Waals surface area contributed by atoms with Crippen LogP contribution in [0.4, 0.5) is 5.69 Å². The van der Waals surface area contributed by atoms with E-state index in [0.29, 0.717) is 23.8 Å². The van der Waals surface area contributed by atoms with Gasteiger partial charge >= 0.3 is 0 Å². The molecule has 1 saturated heterocycles. The Morgan fingerprint density at radius 2 is 1.55 bits per heavy atom. The van der Waals surface area contributed by atoms with Gasteiger partial charge in [0.25, 0.3) is 11.8 Å². The second-order valence-corrected chi connectivity index (χ2v) is 9.07. The molecule has 7 nitrogen and oxygen atoms in total. The van der Waals surface area contributed by atoms with Crippen LogP contribution in [-0.4, -0.2) is 55.6 Å². The first-order valence-corrected chi connectivity index (χ1v) is 10.9. The van der Waals surface area contributed by atoms with Crippen molar-refractivity contribution < 1.29 is 18.0 Å². The monoisotopic (exact) mass is 431 g/mol. The number of hydrogen-bond donors (Lipinski definition) is 0. The Balaban J connectivity index is 1.47. The Morgan fingerprint density at radius 3 is 2.21 bits per heavy atom. The molecule has 0 unspecified atom stereocenters. The lowest BCUT2D eigenvalue weighted by Gasteiger charge is -2.35. The van der Waals surface area contributed by atoms with E-state index in [4.69, 9.17) is 11.6 Å². The fourth-order valence-electron chi connectivity index (χ4n) is 3.46. The zero-order chi connectivity index (χ0) is 20.6. The summed E-state index contributed by atoms with van der Waals surface area (Å²) in [6.45, 7) is 1.10. The van der Waals surface area contributed by atoms with Crippen LogP contribution >= 0.6 is 11.6 Å². The molecule has 0 aliphatic carbocycles. The molecule has 2 aliphatic rings. The molecule has 0 atom stereocenters. The highest BCUT2D eigenvalue weighted by atomic mass is 35.5. The summed E-state index contributed by atoms with van der Waals surface area (Å²) >= 11 is 5.97. The Labute approximate surface area is 173 Å². The predicted molar refractivity (Wildman–Crippen MR) is 109 cm³/mol. The van der Waals surface area contributed by atoms with Crippen LogP contribution in [0.5, 0.6) is 0 Å². The van der Waals surface area contributed by atoms with Crippen LogP contribution in [0.1, 0.15) is 0 Å². The number of nitrogens with zero attached hydrogens (tertiary/aromatic N) is 3. The molecule has 9 heteroatoms. The summed E-state index contributed by atoms with van der Waals surface area (Å²) in [5.74, 6) is -0.872. The molecule has 0 radical (unpaired) electrons. The maximum Gasteiger partial charge on any atom is 0.281 e. The van der Waals surface area contributed by atoms with Crippen LogP contribution in [0.15, 0.2) is 71.3 Å². The molecule has 2 aromatic rings. The van der Waals surface area contributed by atoms with E-state index in [1.54, 1.807) is 59.5 Å². The highest BCUT2D eigenvalue weighted by Gasteiger charge is 2.37. The molecule has 2 amide bonds. The number of carbonyl (C=O) groups excluding carboxylic acids is 2. The van der Waals surface area contributed by atoms with E-state index in [1.807, 2.05) is 0 Å². The average molecular weight is 432 g/mol. The van der Waals surface area contributed by atoms with Gasteiger partial charge in [-0.15, -0.1) is 0 Å². The van der Waals surface area contributed by atoms with Crippen molar-refractivity contribution in [3.63, 3.8) is 0 Å². The fourth-order valence-corrected chi connectivity index (χ4v) is 5.08. The second-order valence-electron chi connectivity index (χ2n) is 6.69. The van der Waals surface area contributed by atoms with Crippen molar-refractivity contribution in [1.29, 1.82) is 0 Å². The maximum atomic E-state index is 12.8. The molecule has 0 N–H and O–H groups in total. The lowest BCUT2D eigenvalue weighted by molar-refractivity contribution is -0.121. The van der Waals surface area contributed by atoms with Crippen LogP contribution < -0.4 is 4.90 Å². The smallest absolute Gasteiger partial charge is 0.281 e. The molecule has 2 aliphatic heterocycles. The Bertz CT molecular complexity index is 1090. The topological polar surface area (TPSA) is 78.0 Å². The minimum Gasteiger partial charge on any atom is -0.364 e. The van der Waals surface area contributed by atoms with Gasteiger partial charge in [-0.2, -0.15) is 4.31 Å². The number of hydrogen-bond acceptors (Lipinski definition) is 5. The van der Waals surface area contributed by atoms with Gasteiger partial charge in [-0.05, 0) is 30.3 Å². The first-order valence-electron chi connectivity index (χ1n) is 9.04. The number of rotatable bonds is 4. The standard InChI is InChI=1S/C20H18ClN3O4S/c21-15-5-4-6-16(13-15)24-19(25)14-18(20(24)26)22-9-11-23(12-10-22)29(27,28)17-7-2-1-3-8-17/h1-8,13-14H,9-12H2. The van der Waals surface area contributed by atoms with Crippen molar-refractivity contribution in [3.05, 3.63) is 71.4 Å². The normalized spacial score (nSPS) is 18.3. The average Bonchev–Trinajstić information content (AvgIpc) is 3.03. The molecule has 2 aromatic carbocycles. The van der Waals surface area contributed by atoms with E-state index in [9.17, 15) is 18.0 Å². The minimum atomic E-state index is -3.58. The van der Waals surface area contributed by atoms with Crippen LogP contribution in [0.25, 0.3) is 0 Å². The summed E-state index contributed by atoms with van der Waals surface area (Å²) in [6, 6.07) is 14.8. The molecule has 29 heavy (non-hydrogen) atoms. The zero-order valence-corrected chi connectivity index (χ0v) is 16.9. The number of sulfonamides is 1. The molecule has 0 spiro atoms. The number of benzene rings is 2. The number of carbonyl (C=O) groups is 2. The van der Waals surface area contributed by atoms with E-state index >= 15 is 0 Å². The Morgan fingerprint density at radius 1 is 0.862 bits per heavy atom. The van der Waals surface area contributed by atoms with Crippen molar-refractivity contribution >= 4 is 39.1 Å². The van der Waals surface area contributed by atoms with Crippen molar-refractivity contribution in [2.45, 2.75) is 4.90 Å². The fraction of sp³-hybridized carbons (Fsp3) is 0.200. The van der Waals surface area contributed by atoms with Crippen molar-refractivity contribution in [1.82, 2.24) is 9.21 Å². The predicted octanol–water partition coefficient (Wildman–Crippen LogP) is 2.10. The Hall–Kier alpha value is -2.68. The van der Waals surface area contributed by atoms with Crippen LogP contribution in [0, 0.1) is 0 Å². The molecule has 0 aromatic heterocycles. The second kappa shape index (κ2) is 7.62. The summed E-state index contributed by atoms with van der Waals surface area (Å²) in [6.07, 6.45) is 1.30. The molecule has 0 bridgehead atoms. The van der Waals surface area contributed by atoms with Gasteiger partial charge in [-0.25, -0.2) is 13.3 Å². The molecule has 150 valence electrons. The zero-order valence-electron chi connectivity index (χ0n) is 15.4. The molecule has 4 rings (SSSR count). The van der Waals surface area contributed by atoms with Crippen LogP contribution in [-0.2, 0) is 19.6 Å². The van der Waals surface area contributed by atoms with Gasteiger partial charge in [-0.1, -0.05) is 35.9 Å². The van der Waals surface area contributed by atoms with Gasteiger partial charge in [-0.3, -0.25) is 9.59 Å². The van der Waals surface area contributed by atoms with E-state index in [0.717, 1.165) is 4.90 Å². The van der Waals surface area contributed by atoms with Gasteiger partial charge in [0.2, 0.25) is 10.0 Å². The van der Waals surface area contributed by atoms with Crippen molar-refractivity contribution in [2.75, 3.05) is 31.1 Å². The summed E-state index contributed by atoms with van der Waals surface area (Å²) in [5.41, 5.74) is 0.677.